The van der Waals surface area contributed by atoms with Gasteiger partial charge in [0.15, 0.2) is 11.6 Å². The quantitative estimate of drug-likeness (QED) is 0.804. The van der Waals surface area contributed by atoms with Crippen molar-refractivity contribution in [2.75, 3.05) is 0 Å². The molecule has 1 aromatic heterocycles. The summed E-state index contributed by atoms with van der Waals surface area (Å²) in [5, 5.41) is 7.32. The Kier molecular flexibility index (Phi) is 2.42. The van der Waals surface area contributed by atoms with Crippen molar-refractivity contribution in [3.8, 4) is 5.69 Å². The summed E-state index contributed by atoms with van der Waals surface area (Å²) in [6.45, 7) is 0.205. The minimum atomic E-state index is -0.953. The van der Waals surface area contributed by atoms with E-state index >= 15 is 0 Å². The summed E-state index contributed by atoms with van der Waals surface area (Å²) >= 11 is 0. The molecule has 0 saturated carbocycles. The highest BCUT2D eigenvalue weighted by Gasteiger charge is 2.10. The summed E-state index contributed by atoms with van der Waals surface area (Å²) in [4.78, 5) is 0. The fraction of sp³-hybridized carbons (Fsp3) is 0.111. The first-order valence-electron chi connectivity index (χ1n) is 4.28. The molecule has 0 fully saturated rings. The standard InChI is InChI=1S/C9H8F2N4/c10-7-2-1-3-8(9(7)11)15-5-6(4-12)13-14-15/h1-3,5H,4,12H2. The third-order valence-corrected chi connectivity index (χ3v) is 1.93. The maximum atomic E-state index is 13.3. The number of hydrogen-bond acceptors (Lipinski definition) is 3. The van der Waals surface area contributed by atoms with Crippen LogP contribution in [-0.2, 0) is 6.54 Å². The Bertz CT molecular complexity index is 481. The van der Waals surface area contributed by atoms with Crippen LogP contribution in [0.2, 0.25) is 0 Å². The van der Waals surface area contributed by atoms with Crippen LogP contribution in [0, 0.1) is 11.6 Å². The van der Waals surface area contributed by atoms with Crippen molar-refractivity contribution in [3.05, 3.63) is 41.7 Å². The van der Waals surface area contributed by atoms with E-state index in [4.69, 9.17) is 5.73 Å². The third-order valence-electron chi connectivity index (χ3n) is 1.93. The zero-order valence-electron chi connectivity index (χ0n) is 7.69. The number of nitrogens with zero attached hydrogens (tertiary/aromatic N) is 3. The lowest BCUT2D eigenvalue weighted by Gasteiger charge is -2.01. The minimum Gasteiger partial charge on any atom is -0.325 e. The van der Waals surface area contributed by atoms with E-state index in [1.165, 1.54) is 18.3 Å². The molecule has 0 aliphatic heterocycles. The second-order valence-corrected chi connectivity index (χ2v) is 2.93. The van der Waals surface area contributed by atoms with Crippen LogP contribution in [0.1, 0.15) is 5.69 Å². The van der Waals surface area contributed by atoms with Crippen molar-refractivity contribution in [3.63, 3.8) is 0 Å². The molecule has 0 atom stereocenters. The highest BCUT2D eigenvalue weighted by Crippen LogP contribution is 2.14. The zero-order chi connectivity index (χ0) is 10.8. The third kappa shape index (κ3) is 1.71. The van der Waals surface area contributed by atoms with Crippen molar-refractivity contribution in [2.24, 2.45) is 5.73 Å². The molecular weight excluding hydrogens is 202 g/mol. The Balaban J connectivity index is 2.49. The van der Waals surface area contributed by atoms with Gasteiger partial charge >= 0.3 is 0 Å². The first-order valence-corrected chi connectivity index (χ1v) is 4.28. The van der Waals surface area contributed by atoms with E-state index in [-0.39, 0.29) is 12.2 Å². The predicted molar refractivity (Wildman–Crippen MR) is 49.2 cm³/mol. The van der Waals surface area contributed by atoms with Crippen LogP contribution in [0.5, 0.6) is 0 Å². The van der Waals surface area contributed by atoms with E-state index in [1.54, 1.807) is 0 Å². The topological polar surface area (TPSA) is 56.7 Å². The molecule has 1 heterocycles. The van der Waals surface area contributed by atoms with Crippen molar-refractivity contribution < 1.29 is 8.78 Å². The number of hydrogen-bond donors (Lipinski definition) is 1. The fourth-order valence-electron chi connectivity index (χ4n) is 1.18. The van der Waals surface area contributed by atoms with Crippen molar-refractivity contribution in [1.29, 1.82) is 0 Å². The highest BCUT2D eigenvalue weighted by molar-refractivity contribution is 5.33. The van der Waals surface area contributed by atoms with Gasteiger partial charge in [0.2, 0.25) is 0 Å². The predicted octanol–water partition coefficient (Wildman–Crippen LogP) is 1.00. The van der Waals surface area contributed by atoms with E-state index in [1.807, 2.05) is 0 Å². The van der Waals surface area contributed by atoms with Crippen LogP contribution in [0.25, 0.3) is 5.69 Å². The van der Waals surface area contributed by atoms with Crippen LogP contribution in [-0.4, -0.2) is 15.0 Å². The zero-order valence-corrected chi connectivity index (χ0v) is 7.69. The van der Waals surface area contributed by atoms with Crippen molar-refractivity contribution in [2.45, 2.75) is 6.54 Å². The molecule has 2 aromatic rings. The summed E-state index contributed by atoms with van der Waals surface area (Å²) in [6.07, 6.45) is 1.46. The van der Waals surface area contributed by atoms with Crippen LogP contribution < -0.4 is 5.73 Å². The molecule has 0 bridgehead atoms. The maximum absolute atomic E-state index is 13.3. The van der Waals surface area contributed by atoms with E-state index in [2.05, 4.69) is 10.3 Å². The van der Waals surface area contributed by atoms with Gasteiger partial charge < -0.3 is 5.73 Å². The molecule has 0 radical (unpaired) electrons. The van der Waals surface area contributed by atoms with Gasteiger partial charge in [-0.2, -0.15) is 0 Å². The molecule has 2 N–H and O–H groups in total. The normalized spacial score (nSPS) is 10.6. The van der Waals surface area contributed by atoms with Gasteiger partial charge in [0.05, 0.1) is 11.9 Å². The summed E-state index contributed by atoms with van der Waals surface area (Å²) < 4.78 is 27.4. The van der Waals surface area contributed by atoms with Gasteiger partial charge in [0, 0.05) is 6.54 Å². The summed E-state index contributed by atoms with van der Waals surface area (Å²) in [5.41, 5.74) is 5.85. The molecular formula is C9H8F2N4. The molecule has 6 heteroatoms. The highest BCUT2D eigenvalue weighted by atomic mass is 19.2. The number of halogens is 2. The van der Waals surface area contributed by atoms with E-state index in [9.17, 15) is 8.78 Å². The Morgan fingerprint density at radius 2 is 2.13 bits per heavy atom. The van der Waals surface area contributed by atoms with Crippen molar-refractivity contribution >= 4 is 0 Å². The second kappa shape index (κ2) is 3.74. The first kappa shape index (κ1) is 9.72. The Labute approximate surface area is 84.3 Å². The first-order chi connectivity index (χ1) is 7.22. The van der Waals surface area contributed by atoms with E-state index < -0.39 is 11.6 Å². The summed E-state index contributed by atoms with van der Waals surface area (Å²) in [5.74, 6) is -1.87. The molecule has 0 aliphatic carbocycles. The lowest BCUT2D eigenvalue weighted by Crippen LogP contribution is -2.00. The van der Waals surface area contributed by atoms with Crippen LogP contribution in [0.4, 0.5) is 8.78 Å². The van der Waals surface area contributed by atoms with Gasteiger partial charge in [-0.05, 0) is 12.1 Å². The maximum Gasteiger partial charge on any atom is 0.184 e. The molecule has 0 unspecified atom stereocenters. The van der Waals surface area contributed by atoms with Crippen molar-refractivity contribution in [1.82, 2.24) is 15.0 Å². The molecule has 0 saturated heterocycles. The Morgan fingerprint density at radius 1 is 1.33 bits per heavy atom. The largest absolute Gasteiger partial charge is 0.325 e. The molecule has 2 rings (SSSR count). The molecule has 0 amide bonds. The lowest BCUT2D eigenvalue weighted by molar-refractivity contribution is 0.500. The van der Waals surface area contributed by atoms with Gasteiger partial charge in [-0.15, -0.1) is 5.10 Å². The van der Waals surface area contributed by atoms with Gasteiger partial charge in [-0.1, -0.05) is 11.3 Å². The van der Waals surface area contributed by atoms with Gasteiger partial charge in [-0.25, -0.2) is 13.5 Å². The van der Waals surface area contributed by atoms with Crippen LogP contribution in [0.3, 0.4) is 0 Å². The number of benzene rings is 1. The summed E-state index contributed by atoms with van der Waals surface area (Å²) in [6, 6.07) is 3.85. The number of aromatic nitrogens is 3. The average Bonchev–Trinajstić information content (AvgIpc) is 2.70. The van der Waals surface area contributed by atoms with Gasteiger partial charge in [-0.3, -0.25) is 0 Å². The monoisotopic (exact) mass is 210 g/mol. The molecule has 0 spiro atoms. The smallest absolute Gasteiger partial charge is 0.184 e. The van der Waals surface area contributed by atoms with E-state index in [0.29, 0.717) is 5.69 Å². The molecule has 0 aliphatic rings. The Morgan fingerprint density at radius 3 is 2.80 bits per heavy atom. The Hall–Kier alpha value is -1.82. The molecule has 78 valence electrons. The van der Waals surface area contributed by atoms with Crippen LogP contribution in [0.15, 0.2) is 24.4 Å². The second-order valence-electron chi connectivity index (χ2n) is 2.93. The van der Waals surface area contributed by atoms with E-state index in [0.717, 1.165) is 10.7 Å². The molecule has 1 aromatic carbocycles. The summed E-state index contributed by atoms with van der Waals surface area (Å²) in [7, 11) is 0. The lowest BCUT2D eigenvalue weighted by atomic mass is 10.3. The van der Waals surface area contributed by atoms with Crippen LogP contribution >= 0.6 is 0 Å². The van der Waals surface area contributed by atoms with Gasteiger partial charge in [0.25, 0.3) is 0 Å². The minimum absolute atomic E-state index is 0.0159. The molecule has 4 nitrogen and oxygen atoms in total. The fourth-order valence-corrected chi connectivity index (χ4v) is 1.18. The molecule has 15 heavy (non-hydrogen) atoms. The average molecular weight is 210 g/mol. The number of nitrogens with two attached hydrogens (primary N) is 1. The van der Waals surface area contributed by atoms with Gasteiger partial charge in [0.1, 0.15) is 5.69 Å². The SMILES string of the molecule is NCc1cn(-c2cccc(F)c2F)nn1. The number of rotatable bonds is 2.